The molecule has 0 amide bonds. The molecular formula is C18H19FO. The van der Waals surface area contributed by atoms with Gasteiger partial charge in [0, 0.05) is 0 Å². The summed E-state index contributed by atoms with van der Waals surface area (Å²) in [6.45, 7) is 2.84. The Morgan fingerprint density at radius 1 is 0.950 bits per heavy atom. The van der Waals surface area contributed by atoms with Gasteiger partial charge in [0.2, 0.25) is 0 Å². The van der Waals surface area contributed by atoms with Crippen LogP contribution < -0.4 is 4.74 Å². The quantitative estimate of drug-likeness (QED) is 0.703. The summed E-state index contributed by atoms with van der Waals surface area (Å²) in [4.78, 5) is 0. The fourth-order valence-electron chi connectivity index (χ4n) is 1.98. The molecule has 0 atom stereocenters. The lowest BCUT2D eigenvalue weighted by Gasteiger charge is -2.07. The molecule has 104 valence electrons. The molecular weight excluding hydrogens is 251 g/mol. The fraction of sp³-hybridized carbons (Fsp3) is 0.222. The molecule has 0 unspecified atom stereocenters. The van der Waals surface area contributed by atoms with Crippen molar-refractivity contribution >= 4 is 0 Å². The highest BCUT2D eigenvalue weighted by molar-refractivity contribution is 5.64. The highest BCUT2D eigenvalue weighted by Crippen LogP contribution is 2.23. The first-order valence-electron chi connectivity index (χ1n) is 6.91. The van der Waals surface area contributed by atoms with Gasteiger partial charge in [-0.2, -0.15) is 0 Å². The van der Waals surface area contributed by atoms with E-state index in [-0.39, 0.29) is 0 Å². The van der Waals surface area contributed by atoms with Crippen molar-refractivity contribution in [1.29, 1.82) is 0 Å². The van der Waals surface area contributed by atoms with Crippen LogP contribution in [0.5, 0.6) is 5.75 Å². The molecule has 1 nitrogen and oxygen atoms in total. The van der Waals surface area contributed by atoms with Crippen molar-refractivity contribution in [2.45, 2.75) is 19.8 Å². The van der Waals surface area contributed by atoms with E-state index in [1.54, 1.807) is 0 Å². The zero-order valence-corrected chi connectivity index (χ0v) is 11.7. The second-order valence-corrected chi connectivity index (χ2v) is 4.64. The predicted octanol–water partition coefficient (Wildman–Crippen LogP) is 5.17. The zero-order valence-electron chi connectivity index (χ0n) is 11.7. The maximum Gasteiger partial charge on any atom is 0.119 e. The summed E-state index contributed by atoms with van der Waals surface area (Å²) >= 11 is 0. The highest BCUT2D eigenvalue weighted by atomic mass is 19.1. The van der Waals surface area contributed by atoms with Crippen molar-refractivity contribution in [3.05, 3.63) is 66.5 Å². The van der Waals surface area contributed by atoms with Crippen LogP contribution in [0.2, 0.25) is 0 Å². The van der Waals surface area contributed by atoms with Crippen LogP contribution in [0.25, 0.3) is 11.1 Å². The molecule has 2 aromatic carbocycles. The topological polar surface area (TPSA) is 9.23 Å². The van der Waals surface area contributed by atoms with E-state index in [1.807, 2.05) is 24.3 Å². The third-order valence-corrected chi connectivity index (χ3v) is 3.06. The average molecular weight is 270 g/mol. The van der Waals surface area contributed by atoms with Gasteiger partial charge in [0.15, 0.2) is 0 Å². The summed E-state index contributed by atoms with van der Waals surface area (Å²) in [5.41, 5.74) is 3.41. The SMILES string of the molecule is CCCOc1ccc(-c2ccc(CC=CF)cc2)cc1. The van der Waals surface area contributed by atoms with Crippen LogP contribution in [-0.4, -0.2) is 6.61 Å². The van der Waals surface area contributed by atoms with Crippen LogP contribution >= 0.6 is 0 Å². The van der Waals surface area contributed by atoms with E-state index in [2.05, 4.69) is 31.2 Å². The van der Waals surface area contributed by atoms with Gasteiger partial charge >= 0.3 is 0 Å². The zero-order chi connectivity index (χ0) is 14.2. The van der Waals surface area contributed by atoms with Gasteiger partial charge in [-0.3, -0.25) is 0 Å². The van der Waals surface area contributed by atoms with Gasteiger partial charge in [0.05, 0.1) is 12.9 Å². The lowest BCUT2D eigenvalue weighted by molar-refractivity contribution is 0.317. The van der Waals surface area contributed by atoms with Crippen LogP contribution in [0.15, 0.2) is 60.9 Å². The molecule has 0 radical (unpaired) electrons. The lowest BCUT2D eigenvalue weighted by Crippen LogP contribution is -1.94. The van der Waals surface area contributed by atoms with Gasteiger partial charge in [-0.25, -0.2) is 4.39 Å². The van der Waals surface area contributed by atoms with E-state index in [4.69, 9.17) is 4.74 Å². The Labute approximate surface area is 119 Å². The third-order valence-electron chi connectivity index (χ3n) is 3.06. The van der Waals surface area contributed by atoms with Crippen molar-refractivity contribution in [2.75, 3.05) is 6.61 Å². The van der Waals surface area contributed by atoms with Gasteiger partial charge in [0.1, 0.15) is 5.75 Å². The smallest absolute Gasteiger partial charge is 0.119 e. The maximum atomic E-state index is 12.0. The van der Waals surface area contributed by atoms with E-state index < -0.39 is 0 Å². The van der Waals surface area contributed by atoms with Crippen molar-refractivity contribution in [3.63, 3.8) is 0 Å². The molecule has 0 saturated heterocycles. The van der Waals surface area contributed by atoms with Crippen molar-refractivity contribution in [2.24, 2.45) is 0 Å². The normalized spacial score (nSPS) is 10.9. The first kappa shape index (κ1) is 14.3. The summed E-state index contributed by atoms with van der Waals surface area (Å²) in [5.74, 6) is 0.903. The molecule has 0 N–H and O–H groups in total. The molecule has 0 aliphatic carbocycles. The molecule has 0 aromatic heterocycles. The number of ether oxygens (including phenoxy) is 1. The molecule has 0 aliphatic heterocycles. The molecule has 2 rings (SSSR count). The van der Waals surface area contributed by atoms with Crippen LogP contribution in [0.4, 0.5) is 4.39 Å². The van der Waals surface area contributed by atoms with Gasteiger partial charge < -0.3 is 4.74 Å². The molecule has 0 heterocycles. The Morgan fingerprint density at radius 2 is 1.55 bits per heavy atom. The molecule has 0 fully saturated rings. The Kier molecular flexibility index (Phi) is 5.36. The van der Waals surface area contributed by atoms with Crippen LogP contribution in [0.1, 0.15) is 18.9 Å². The predicted molar refractivity (Wildman–Crippen MR) is 81.6 cm³/mol. The minimum absolute atomic E-state index is 0.586. The summed E-state index contributed by atoms with van der Waals surface area (Å²) in [6.07, 6.45) is 3.73. The van der Waals surface area contributed by atoms with Crippen molar-refractivity contribution < 1.29 is 9.13 Å². The molecule has 2 heteroatoms. The minimum atomic E-state index is 0.586. The highest BCUT2D eigenvalue weighted by Gasteiger charge is 1.99. The molecule has 0 aliphatic rings. The molecule has 0 saturated carbocycles. The molecule has 20 heavy (non-hydrogen) atoms. The van der Waals surface area contributed by atoms with Gasteiger partial charge in [-0.05, 0) is 41.7 Å². The van der Waals surface area contributed by atoms with Crippen molar-refractivity contribution in [1.82, 2.24) is 0 Å². The summed E-state index contributed by atoms with van der Waals surface area (Å²) in [5, 5.41) is 0. The number of allylic oxidation sites excluding steroid dienone is 1. The van der Waals surface area contributed by atoms with Crippen LogP contribution in [-0.2, 0) is 6.42 Å². The van der Waals surface area contributed by atoms with Gasteiger partial charge in [0.25, 0.3) is 0 Å². The minimum Gasteiger partial charge on any atom is -0.494 e. The Balaban J connectivity index is 2.07. The number of halogens is 1. The summed E-state index contributed by atoms with van der Waals surface area (Å²) in [6, 6.07) is 16.3. The first-order chi connectivity index (χ1) is 9.83. The largest absolute Gasteiger partial charge is 0.494 e. The number of hydrogen-bond acceptors (Lipinski definition) is 1. The Bertz CT molecular complexity index is 541. The number of rotatable bonds is 6. The third kappa shape index (κ3) is 3.95. The first-order valence-corrected chi connectivity index (χ1v) is 6.91. The lowest BCUT2D eigenvalue weighted by atomic mass is 10.0. The van der Waals surface area contributed by atoms with E-state index in [1.165, 1.54) is 6.08 Å². The standard InChI is InChI=1S/C18H19FO/c1-2-14-20-18-11-9-17(10-12-18)16-7-5-15(6-8-16)4-3-13-19/h3,5-13H,2,4,14H2,1H3. The van der Waals surface area contributed by atoms with Crippen molar-refractivity contribution in [3.8, 4) is 16.9 Å². The summed E-state index contributed by atoms with van der Waals surface area (Å²) in [7, 11) is 0. The summed E-state index contributed by atoms with van der Waals surface area (Å²) < 4.78 is 17.5. The molecule has 0 spiro atoms. The van der Waals surface area contributed by atoms with Gasteiger partial charge in [-0.15, -0.1) is 0 Å². The second kappa shape index (κ2) is 7.49. The van der Waals surface area contributed by atoms with E-state index >= 15 is 0 Å². The molecule has 2 aromatic rings. The monoisotopic (exact) mass is 270 g/mol. The van der Waals surface area contributed by atoms with Crippen LogP contribution in [0, 0.1) is 0 Å². The fourth-order valence-corrected chi connectivity index (χ4v) is 1.98. The second-order valence-electron chi connectivity index (χ2n) is 4.64. The van der Waals surface area contributed by atoms with E-state index in [0.717, 1.165) is 35.5 Å². The molecule has 0 bridgehead atoms. The van der Waals surface area contributed by atoms with Crippen LogP contribution in [0.3, 0.4) is 0 Å². The Hall–Kier alpha value is -2.09. The van der Waals surface area contributed by atoms with Gasteiger partial charge in [-0.1, -0.05) is 49.4 Å². The number of hydrogen-bond donors (Lipinski definition) is 0. The Morgan fingerprint density at radius 3 is 2.10 bits per heavy atom. The average Bonchev–Trinajstić information content (AvgIpc) is 2.52. The van der Waals surface area contributed by atoms with E-state index in [9.17, 15) is 4.39 Å². The number of benzene rings is 2. The maximum absolute atomic E-state index is 12.0. The van der Waals surface area contributed by atoms with E-state index in [0.29, 0.717) is 12.8 Å².